The molecule has 14 heavy (non-hydrogen) atoms. The zero-order valence-corrected chi connectivity index (χ0v) is 10.0. The second kappa shape index (κ2) is 3.52. The molecule has 2 N–H and O–H groups in total. The molecule has 6 atom stereocenters. The molecule has 2 bridgehead atoms. The average molecular weight is 195 g/mol. The van der Waals surface area contributed by atoms with Crippen molar-refractivity contribution < 1.29 is 0 Å². The Morgan fingerprint density at radius 3 is 2.29 bits per heavy atom. The standard InChI is InChI=1S/C13H25N/c1-7(2)10-5-6-11-8(3)9(4)12(10)13(11)14/h7-13H,5-6,14H2,1-4H3/t8-,9+,10-,11-,12-,13-/m1/s1. The molecule has 82 valence electrons. The second-order valence-electron chi connectivity index (χ2n) is 6.02. The van der Waals surface area contributed by atoms with E-state index in [4.69, 9.17) is 5.73 Å². The van der Waals surface area contributed by atoms with Crippen LogP contribution in [0.15, 0.2) is 0 Å². The van der Waals surface area contributed by atoms with Crippen LogP contribution in [0, 0.1) is 35.5 Å². The van der Waals surface area contributed by atoms with E-state index >= 15 is 0 Å². The average Bonchev–Trinajstić information content (AvgIpc) is 2.30. The van der Waals surface area contributed by atoms with Crippen molar-refractivity contribution in [3.05, 3.63) is 0 Å². The van der Waals surface area contributed by atoms with Gasteiger partial charge in [0.05, 0.1) is 0 Å². The summed E-state index contributed by atoms with van der Waals surface area (Å²) in [5, 5.41) is 0. The molecule has 0 saturated heterocycles. The van der Waals surface area contributed by atoms with Gasteiger partial charge in [0.1, 0.15) is 0 Å². The predicted octanol–water partition coefficient (Wildman–Crippen LogP) is 2.90. The topological polar surface area (TPSA) is 26.0 Å². The molecule has 0 aliphatic heterocycles. The highest BCUT2D eigenvalue weighted by atomic mass is 14.8. The van der Waals surface area contributed by atoms with Crippen LogP contribution in [0.1, 0.15) is 40.5 Å². The minimum absolute atomic E-state index is 0.501. The Bertz CT molecular complexity index is 207. The molecule has 2 fully saturated rings. The fourth-order valence-electron chi connectivity index (χ4n) is 4.21. The molecule has 2 aliphatic rings. The molecule has 0 unspecified atom stereocenters. The first-order valence-corrected chi connectivity index (χ1v) is 6.29. The summed E-state index contributed by atoms with van der Waals surface area (Å²) < 4.78 is 0. The van der Waals surface area contributed by atoms with Crippen molar-refractivity contribution in [2.45, 2.75) is 46.6 Å². The maximum atomic E-state index is 6.39. The molecule has 1 heteroatoms. The molecule has 0 radical (unpaired) electrons. The van der Waals surface area contributed by atoms with Gasteiger partial charge in [0, 0.05) is 6.04 Å². The summed E-state index contributed by atoms with van der Waals surface area (Å²) in [5.74, 6) is 5.05. The highest BCUT2D eigenvalue weighted by Crippen LogP contribution is 2.53. The monoisotopic (exact) mass is 195 g/mol. The van der Waals surface area contributed by atoms with E-state index in [-0.39, 0.29) is 0 Å². The van der Waals surface area contributed by atoms with Crippen LogP contribution in [0.25, 0.3) is 0 Å². The minimum Gasteiger partial charge on any atom is -0.327 e. The molecule has 1 nitrogen and oxygen atoms in total. The predicted molar refractivity (Wildman–Crippen MR) is 60.8 cm³/mol. The van der Waals surface area contributed by atoms with Crippen molar-refractivity contribution >= 4 is 0 Å². The van der Waals surface area contributed by atoms with Crippen LogP contribution in [-0.2, 0) is 0 Å². The first kappa shape index (κ1) is 10.5. The highest BCUT2D eigenvalue weighted by Gasteiger charge is 2.50. The van der Waals surface area contributed by atoms with Gasteiger partial charge in [0.15, 0.2) is 0 Å². The number of rotatable bonds is 1. The maximum absolute atomic E-state index is 6.39. The third-order valence-electron chi connectivity index (χ3n) is 5.23. The first-order valence-electron chi connectivity index (χ1n) is 6.29. The zero-order valence-electron chi connectivity index (χ0n) is 10.0. The van der Waals surface area contributed by atoms with E-state index in [1.807, 2.05) is 0 Å². The normalized spacial score (nSPS) is 52.7. The lowest BCUT2D eigenvalue weighted by Crippen LogP contribution is -2.42. The summed E-state index contributed by atoms with van der Waals surface area (Å²) in [6.45, 7) is 9.58. The van der Waals surface area contributed by atoms with Gasteiger partial charge >= 0.3 is 0 Å². The summed E-state index contributed by atoms with van der Waals surface area (Å²) in [6, 6.07) is 0.501. The van der Waals surface area contributed by atoms with Crippen LogP contribution in [0.3, 0.4) is 0 Å². The molecule has 0 spiro atoms. The summed E-state index contributed by atoms with van der Waals surface area (Å²) in [5.41, 5.74) is 6.39. The molecule has 0 aromatic rings. The molecule has 0 aromatic heterocycles. The van der Waals surface area contributed by atoms with Gasteiger partial charge in [-0.1, -0.05) is 27.7 Å². The van der Waals surface area contributed by atoms with Crippen LogP contribution in [0.2, 0.25) is 0 Å². The van der Waals surface area contributed by atoms with Crippen LogP contribution in [-0.4, -0.2) is 6.04 Å². The summed E-state index contributed by atoms with van der Waals surface area (Å²) in [7, 11) is 0. The van der Waals surface area contributed by atoms with Crippen LogP contribution in [0.4, 0.5) is 0 Å². The second-order valence-corrected chi connectivity index (χ2v) is 6.02. The van der Waals surface area contributed by atoms with E-state index in [1.165, 1.54) is 12.8 Å². The van der Waals surface area contributed by atoms with Crippen molar-refractivity contribution in [1.82, 2.24) is 0 Å². The van der Waals surface area contributed by atoms with Gasteiger partial charge in [-0.2, -0.15) is 0 Å². The van der Waals surface area contributed by atoms with E-state index in [2.05, 4.69) is 27.7 Å². The molecule has 0 aromatic carbocycles. The van der Waals surface area contributed by atoms with Gasteiger partial charge in [-0.15, -0.1) is 0 Å². The Balaban J connectivity index is 2.22. The minimum atomic E-state index is 0.501. The first-order chi connectivity index (χ1) is 6.54. The van der Waals surface area contributed by atoms with E-state index < -0.39 is 0 Å². The van der Waals surface area contributed by atoms with Crippen LogP contribution < -0.4 is 5.73 Å². The van der Waals surface area contributed by atoms with Gasteiger partial charge < -0.3 is 5.73 Å². The van der Waals surface area contributed by atoms with Crippen molar-refractivity contribution in [1.29, 1.82) is 0 Å². The molecule has 0 amide bonds. The Labute approximate surface area is 88.4 Å². The lowest BCUT2D eigenvalue weighted by atomic mass is 9.70. The van der Waals surface area contributed by atoms with Crippen LogP contribution in [0.5, 0.6) is 0 Å². The maximum Gasteiger partial charge on any atom is 0.0104 e. The van der Waals surface area contributed by atoms with E-state index in [0.717, 1.165) is 35.5 Å². The van der Waals surface area contributed by atoms with Gasteiger partial charge in [0.25, 0.3) is 0 Å². The van der Waals surface area contributed by atoms with E-state index in [9.17, 15) is 0 Å². The quantitative estimate of drug-likeness (QED) is 0.684. The van der Waals surface area contributed by atoms with Crippen molar-refractivity contribution in [3.63, 3.8) is 0 Å². The van der Waals surface area contributed by atoms with Gasteiger partial charge in [-0.05, 0) is 48.3 Å². The van der Waals surface area contributed by atoms with Crippen molar-refractivity contribution in [2.75, 3.05) is 0 Å². The van der Waals surface area contributed by atoms with E-state index in [0.29, 0.717) is 6.04 Å². The number of hydrogen-bond acceptors (Lipinski definition) is 1. The summed E-state index contributed by atoms with van der Waals surface area (Å²) in [4.78, 5) is 0. The summed E-state index contributed by atoms with van der Waals surface area (Å²) >= 11 is 0. The van der Waals surface area contributed by atoms with Crippen molar-refractivity contribution in [3.8, 4) is 0 Å². The number of fused-ring (bicyclic) bond motifs is 2. The van der Waals surface area contributed by atoms with E-state index in [1.54, 1.807) is 0 Å². The zero-order chi connectivity index (χ0) is 10.5. The molecule has 2 saturated carbocycles. The Morgan fingerprint density at radius 1 is 1.07 bits per heavy atom. The SMILES string of the molecule is CC(C)[C@H]1CC[C@@H]2[C@H](C)[C@H](C)[C@H]1[C@@H]2N. The fourth-order valence-corrected chi connectivity index (χ4v) is 4.21. The molecule has 2 rings (SSSR count). The fraction of sp³-hybridized carbons (Fsp3) is 1.00. The van der Waals surface area contributed by atoms with Crippen LogP contribution >= 0.6 is 0 Å². The van der Waals surface area contributed by atoms with Crippen molar-refractivity contribution in [2.24, 2.45) is 41.2 Å². The lowest BCUT2D eigenvalue weighted by molar-refractivity contribution is 0.143. The molecular formula is C13H25N. The Morgan fingerprint density at radius 2 is 1.71 bits per heavy atom. The third kappa shape index (κ3) is 1.32. The lowest BCUT2D eigenvalue weighted by Gasteiger charge is -2.38. The molecule has 0 heterocycles. The Kier molecular flexibility index (Phi) is 2.63. The van der Waals surface area contributed by atoms with Gasteiger partial charge in [-0.3, -0.25) is 0 Å². The highest BCUT2D eigenvalue weighted by molar-refractivity contribution is 5.02. The number of hydrogen-bond donors (Lipinski definition) is 1. The molecular weight excluding hydrogens is 170 g/mol. The number of nitrogens with two attached hydrogens (primary N) is 1. The largest absolute Gasteiger partial charge is 0.327 e. The smallest absolute Gasteiger partial charge is 0.0104 e. The summed E-state index contributed by atoms with van der Waals surface area (Å²) in [6.07, 6.45) is 2.81. The van der Waals surface area contributed by atoms with Gasteiger partial charge in [-0.25, -0.2) is 0 Å². The van der Waals surface area contributed by atoms with Gasteiger partial charge in [0.2, 0.25) is 0 Å². The Hall–Kier alpha value is -0.0400. The molecule has 2 aliphatic carbocycles. The third-order valence-corrected chi connectivity index (χ3v) is 5.23.